The van der Waals surface area contributed by atoms with Crippen LogP contribution in [0.1, 0.15) is 22.8 Å². The second-order valence-corrected chi connectivity index (χ2v) is 7.21. The molecule has 0 spiro atoms. The first-order chi connectivity index (χ1) is 15.4. The number of rotatable bonds is 6. The molecule has 0 aromatic heterocycles. The number of anilines is 3. The fraction of sp³-hybridized carbons (Fsp3) is 0.125. The first-order valence-electron chi connectivity index (χ1n) is 9.72. The SMILES string of the molecule is CC=O.CNc1ccc(NC)c(N=Cc2ccc(NC(=O)c3c(Cl)cccc3Cl)cc2)c1. The maximum atomic E-state index is 12.5. The van der Waals surface area contributed by atoms with E-state index in [4.69, 9.17) is 28.0 Å². The maximum Gasteiger partial charge on any atom is 0.258 e. The quantitative estimate of drug-likeness (QED) is 0.292. The first-order valence-corrected chi connectivity index (χ1v) is 10.5. The van der Waals surface area contributed by atoms with Crippen molar-refractivity contribution in [2.24, 2.45) is 4.99 Å². The molecule has 166 valence electrons. The first kappa shape index (κ1) is 24.9. The van der Waals surface area contributed by atoms with E-state index in [0.717, 1.165) is 28.9 Å². The summed E-state index contributed by atoms with van der Waals surface area (Å²) in [4.78, 5) is 25.8. The Kier molecular flexibility index (Phi) is 9.73. The summed E-state index contributed by atoms with van der Waals surface area (Å²) in [5.74, 6) is -0.357. The van der Waals surface area contributed by atoms with Crippen LogP contribution in [0, 0.1) is 0 Å². The summed E-state index contributed by atoms with van der Waals surface area (Å²) >= 11 is 12.2. The standard InChI is InChI=1S/C22H20Cl2N4O.C2H4O/c1-25-16-10-11-19(26-2)20(12-16)27-13-14-6-8-15(9-7-14)28-22(29)21-17(23)4-3-5-18(21)24;1-2-3/h3-13,25-26H,1-2H3,(H,28,29);2H,1H3. The van der Waals surface area contributed by atoms with Crippen molar-refractivity contribution in [3.05, 3.63) is 81.8 Å². The normalized spacial score (nSPS) is 10.2. The van der Waals surface area contributed by atoms with Gasteiger partial charge in [0.15, 0.2) is 0 Å². The van der Waals surface area contributed by atoms with Gasteiger partial charge in [0.05, 0.1) is 27.0 Å². The molecule has 0 saturated heterocycles. The molecule has 3 N–H and O–H groups in total. The van der Waals surface area contributed by atoms with E-state index in [2.05, 4.69) is 20.9 Å². The molecule has 0 aliphatic carbocycles. The number of halogens is 2. The molecule has 0 saturated carbocycles. The highest BCUT2D eigenvalue weighted by atomic mass is 35.5. The molecule has 3 rings (SSSR count). The zero-order valence-corrected chi connectivity index (χ0v) is 19.5. The van der Waals surface area contributed by atoms with Gasteiger partial charge in [-0.15, -0.1) is 0 Å². The lowest BCUT2D eigenvalue weighted by Crippen LogP contribution is -2.13. The van der Waals surface area contributed by atoms with Gasteiger partial charge in [0.2, 0.25) is 0 Å². The number of nitrogens with zero attached hydrogens (tertiary/aromatic N) is 1. The topological polar surface area (TPSA) is 82.6 Å². The molecule has 0 aliphatic rings. The Morgan fingerprint density at radius 3 is 2.06 bits per heavy atom. The summed E-state index contributed by atoms with van der Waals surface area (Å²) in [7, 11) is 3.72. The van der Waals surface area contributed by atoms with Gasteiger partial charge in [-0.3, -0.25) is 9.79 Å². The summed E-state index contributed by atoms with van der Waals surface area (Å²) in [6.07, 6.45) is 2.52. The Morgan fingerprint density at radius 2 is 1.50 bits per heavy atom. The van der Waals surface area contributed by atoms with Crippen LogP contribution in [0.4, 0.5) is 22.7 Å². The molecule has 0 aliphatic heterocycles. The van der Waals surface area contributed by atoms with Crippen LogP contribution >= 0.6 is 23.2 Å². The molecule has 3 aromatic carbocycles. The Hall–Kier alpha value is -3.35. The smallest absolute Gasteiger partial charge is 0.258 e. The minimum Gasteiger partial charge on any atom is -0.388 e. The largest absolute Gasteiger partial charge is 0.388 e. The van der Waals surface area contributed by atoms with E-state index in [0.29, 0.717) is 15.7 Å². The minimum atomic E-state index is -0.357. The van der Waals surface area contributed by atoms with Crippen LogP contribution in [0.15, 0.2) is 65.7 Å². The number of hydrogen-bond acceptors (Lipinski definition) is 5. The second kappa shape index (κ2) is 12.5. The van der Waals surface area contributed by atoms with E-state index in [1.807, 2.05) is 44.4 Å². The number of carbonyl (C=O) groups is 2. The van der Waals surface area contributed by atoms with Gasteiger partial charge in [-0.1, -0.05) is 41.4 Å². The van der Waals surface area contributed by atoms with Crippen molar-refractivity contribution in [2.75, 3.05) is 30.0 Å². The molecule has 3 aromatic rings. The van der Waals surface area contributed by atoms with Crippen LogP contribution in [-0.4, -0.2) is 32.5 Å². The lowest BCUT2D eigenvalue weighted by molar-refractivity contribution is -0.106. The number of aldehydes is 1. The van der Waals surface area contributed by atoms with Crippen LogP contribution in [0.5, 0.6) is 0 Å². The van der Waals surface area contributed by atoms with E-state index < -0.39 is 0 Å². The molecule has 0 unspecified atom stereocenters. The number of amides is 1. The van der Waals surface area contributed by atoms with Crippen molar-refractivity contribution in [3.63, 3.8) is 0 Å². The van der Waals surface area contributed by atoms with Gasteiger partial charge in [-0.2, -0.15) is 0 Å². The van der Waals surface area contributed by atoms with Crippen LogP contribution in [-0.2, 0) is 4.79 Å². The highest BCUT2D eigenvalue weighted by molar-refractivity contribution is 6.40. The third kappa shape index (κ3) is 6.83. The third-order valence-corrected chi connectivity index (χ3v) is 4.90. The van der Waals surface area contributed by atoms with Gasteiger partial charge in [0.1, 0.15) is 6.29 Å². The Bertz CT molecular complexity index is 1080. The maximum absolute atomic E-state index is 12.5. The monoisotopic (exact) mass is 470 g/mol. The number of carbonyl (C=O) groups excluding carboxylic acids is 2. The van der Waals surface area contributed by atoms with Gasteiger partial charge in [-0.05, 0) is 55.0 Å². The van der Waals surface area contributed by atoms with E-state index >= 15 is 0 Å². The van der Waals surface area contributed by atoms with Crippen LogP contribution in [0.2, 0.25) is 10.0 Å². The average Bonchev–Trinajstić information content (AvgIpc) is 2.79. The molecule has 0 radical (unpaired) electrons. The molecule has 0 bridgehead atoms. The lowest BCUT2D eigenvalue weighted by Gasteiger charge is -2.09. The molecule has 0 heterocycles. The highest BCUT2D eigenvalue weighted by Gasteiger charge is 2.14. The summed E-state index contributed by atoms with van der Waals surface area (Å²) in [6, 6.07) is 18.2. The van der Waals surface area contributed by atoms with Crippen molar-refractivity contribution in [1.29, 1.82) is 0 Å². The van der Waals surface area contributed by atoms with Crippen molar-refractivity contribution in [3.8, 4) is 0 Å². The summed E-state index contributed by atoms with van der Waals surface area (Å²) < 4.78 is 0. The molecular weight excluding hydrogens is 447 g/mol. The number of benzene rings is 3. The van der Waals surface area contributed by atoms with Crippen molar-refractivity contribution < 1.29 is 9.59 Å². The van der Waals surface area contributed by atoms with Crippen molar-refractivity contribution in [2.45, 2.75) is 6.92 Å². The molecule has 1 amide bonds. The minimum absolute atomic E-state index is 0.255. The van der Waals surface area contributed by atoms with E-state index in [9.17, 15) is 4.79 Å². The molecule has 0 atom stereocenters. The molecular formula is C24H24Cl2N4O2. The van der Waals surface area contributed by atoms with Gasteiger partial charge < -0.3 is 20.7 Å². The third-order valence-electron chi connectivity index (χ3n) is 4.27. The lowest BCUT2D eigenvalue weighted by atomic mass is 10.2. The van der Waals surface area contributed by atoms with Crippen LogP contribution in [0.25, 0.3) is 0 Å². The predicted molar refractivity (Wildman–Crippen MR) is 135 cm³/mol. The number of nitrogens with one attached hydrogen (secondary N) is 3. The van der Waals surface area contributed by atoms with Crippen molar-refractivity contribution in [1.82, 2.24) is 0 Å². The number of hydrogen-bond donors (Lipinski definition) is 3. The van der Waals surface area contributed by atoms with E-state index in [1.54, 1.807) is 36.5 Å². The number of aliphatic imine (C=N–C) groups is 1. The molecule has 0 fully saturated rings. The second-order valence-electron chi connectivity index (χ2n) is 6.40. The predicted octanol–water partition coefficient (Wildman–Crippen LogP) is 6.28. The van der Waals surface area contributed by atoms with Gasteiger partial charge in [0.25, 0.3) is 5.91 Å². The average molecular weight is 471 g/mol. The summed E-state index contributed by atoms with van der Waals surface area (Å²) in [5.41, 5.74) is 4.52. The Morgan fingerprint density at radius 1 is 0.906 bits per heavy atom. The fourth-order valence-corrected chi connectivity index (χ4v) is 3.28. The Labute approximate surface area is 197 Å². The van der Waals surface area contributed by atoms with E-state index in [-0.39, 0.29) is 11.5 Å². The van der Waals surface area contributed by atoms with Gasteiger partial charge in [-0.25, -0.2) is 0 Å². The zero-order chi connectivity index (χ0) is 23.5. The molecule has 32 heavy (non-hydrogen) atoms. The van der Waals surface area contributed by atoms with Gasteiger partial charge >= 0.3 is 0 Å². The summed E-state index contributed by atoms with van der Waals surface area (Å²) in [5, 5.41) is 9.65. The Balaban J connectivity index is 0.00000114. The van der Waals surface area contributed by atoms with E-state index in [1.165, 1.54) is 6.92 Å². The van der Waals surface area contributed by atoms with Gasteiger partial charge in [0, 0.05) is 31.7 Å². The zero-order valence-electron chi connectivity index (χ0n) is 17.9. The summed E-state index contributed by atoms with van der Waals surface area (Å²) in [6.45, 7) is 1.44. The fourth-order valence-electron chi connectivity index (χ4n) is 2.71. The van der Waals surface area contributed by atoms with Crippen LogP contribution < -0.4 is 16.0 Å². The molecule has 8 heteroatoms. The molecule has 6 nitrogen and oxygen atoms in total. The van der Waals surface area contributed by atoms with Crippen LogP contribution in [0.3, 0.4) is 0 Å². The van der Waals surface area contributed by atoms with Crippen molar-refractivity contribution >= 4 is 64.4 Å². The highest BCUT2D eigenvalue weighted by Crippen LogP contribution is 2.28.